The van der Waals surface area contributed by atoms with Crippen molar-refractivity contribution in [3.8, 4) is 0 Å². The maximum Gasteiger partial charge on any atom is 0.179 e. The molecule has 0 bridgehead atoms. The van der Waals surface area contributed by atoms with Crippen molar-refractivity contribution in [2.45, 2.75) is 40.2 Å². The van der Waals surface area contributed by atoms with Crippen LogP contribution in [0.3, 0.4) is 0 Å². The third kappa shape index (κ3) is 2.41. The van der Waals surface area contributed by atoms with Gasteiger partial charge in [-0.15, -0.1) is 0 Å². The third-order valence-electron chi connectivity index (χ3n) is 3.34. The monoisotopic (exact) mass is 249 g/mol. The van der Waals surface area contributed by atoms with Crippen molar-refractivity contribution in [1.82, 2.24) is 14.5 Å². The molecule has 0 unspecified atom stereocenters. The van der Waals surface area contributed by atoms with Crippen LogP contribution in [0.4, 0.5) is 0 Å². The standard InChI is InChI=1S/C13H19N3S/c1-4-10(5-2)8-16-12-11(15-13(16)17)6-9(3)7-14-12/h6-7,10H,4-5,8H2,1-3H3,(H,15,17). The minimum atomic E-state index is 0.670. The molecule has 0 saturated carbocycles. The molecule has 3 nitrogen and oxygen atoms in total. The van der Waals surface area contributed by atoms with Crippen molar-refractivity contribution < 1.29 is 0 Å². The molecule has 17 heavy (non-hydrogen) atoms. The first-order valence-electron chi connectivity index (χ1n) is 6.20. The fourth-order valence-electron chi connectivity index (χ4n) is 2.12. The van der Waals surface area contributed by atoms with E-state index in [-0.39, 0.29) is 0 Å². The Balaban J connectivity index is 2.46. The van der Waals surface area contributed by atoms with Crippen molar-refractivity contribution in [2.24, 2.45) is 5.92 Å². The highest BCUT2D eigenvalue weighted by molar-refractivity contribution is 7.71. The summed E-state index contributed by atoms with van der Waals surface area (Å²) in [5, 5.41) is 0. The molecular weight excluding hydrogens is 230 g/mol. The van der Waals surface area contributed by atoms with Gasteiger partial charge in [0, 0.05) is 12.7 Å². The summed E-state index contributed by atoms with van der Waals surface area (Å²) in [5.41, 5.74) is 3.18. The molecule has 0 aliphatic carbocycles. The van der Waals surface area contributed by atoms with Crippen molar-refractivity contribution >= 4 is 23.4 Å². The average molecular weight is 249 g/mol. The number of aromatic nitrogens is 3. The highest BCUT2D eigenvalue weighted by atomic mass is 32.1. The molecular formula is C13H19N3S. The van der Waals surface area contributed by atoms with Crippen LogP contribution in [0.25, 0.3) is 11.2 Å². The largest absolute Gasteiger partial charge is 0.329 e. The number of aromatic amines is 1. The normalized spacial score (nSPS) is 11.5. The maximum absolute atomic E-state index is 5.38. The summed E-state index contributed by atoms with van der Waals surface area (Å²) in [6.07, 6.45) is 4.25. The number of H-pyrrole nitrogens is 1. The Labute approximate surface area is 107 Å². The molecule has 0 amide bonds. The maximum atomic E-state index is 5.38. The summed E-state index contributed by atoms with van der Waals surface area (Å²) in [6.45, 7) is 7.46. The Morgan fingerprint density at radius 2 is 2.12 bits per heavy atom. The Morgan fingerprint density at radius 1 is 1.41 bits per heavy atom. The molecule has 0 aliphatic rings. The van der Waals surface area contributed by atoms with Gasteiger partial charge in [0.2, 0.25) is 0 Å². The Bertz CT molecular complexity index is 564. The number of hydrogen-bond acceptors (Lipinski definition) is 2. The molecule has 0 atom stereocenters. The lowest BCUT2D eigenvalue weighted by Crippen LogP contribution is -2.09. The third-order valence-corrected chi connectivity index (χ3v) is 3.66. The summed E-state index contributed by atoms with van der Waals surface area (Å²) >= 11 is 5.38. The van der Waals surface area contributed by atoms with E-state index in [0.717, 1.165) is 28.0 Å². The van der Waals surface area contributed by atoms with E-state index in [9.17, 15) is 0 Å². The lowest BCUT2D eigenvalue weighted by molar-refractivity contribution is 0.421. The van der Waals surface area contributed by atoms with Crippen molar-refractivity contribution in [1.29, 1.82) is 0 Å². The molecule has 0 spiro atoms. The molecule has 2 aromatic rings. The fourth-order valence-corrected chi connectivity index (χ4v) is 2.39. The molecule has 0 fully saturated rings. The Morgan fingerprint density at radius 3 is 2.76 bits per heavy atom. The first kappa shape index (κ1) is 12.3. The predicted octanol–water partition coefficient (Wildman–Crippen LogP) is 3.84. The molecule has 0 saturated heterocycles. The van der Waals surface area contributed by atoms with E-state index in [2.05, 4.69) is 34.4 Å². The van der Waals surface area contributed by atoms with Gasteiger partial charge in [-0.2, -0.15) is 0 Å². The number of nitrogens with one attached hydrogen (secondary N) is 1. The van der Waals surface area contributed by atoms with E-state index < -0.39 is 0 Å². The molecule has 0 aliphatic heterocycles. The van der Waals surface area contributed by atoms with Crippen LogP contribution in [0.15, 0.2) is 12.3 Å². The van der Waals surface area contributed by atoms with Crippen molar-refractivity contribution in [3.63, 3.8) is 0 Å². The topological polar surface area (TPSA) is 33.6 Å². The lowest BCUT2D eigenvalue weighted by Gasteiger charge is -2.13. The highest BCUT2D eigenvalue weighted by Crippen LogP contribution is 2.17. The second kappa shape index (κ2) is 5.00. The van der Waals surface area contributed by atoms with E-state index in [4.69, 9.17) is 12.2 Å². The lowest BCUT2D eigenvalue weighted by atomic mass is 10.0. The van der Waals surface area contributed by atoms with Crippen molar-refractivity contribution in [2.75, 3.05) is 0 Å². The number of imidazole rings is 1. The highest BCUT2D eigenvalue weighted by Gasteiger charge is 2.10. The number of aryl methyl sites for hydroxylation is 1. The summed E-state index contributed by atoms with van der Waals surface area (Å²) in [6, 6.07) is 2.10. The molecule has 0 radical (unpaired) electrons. The zero-order valence-electron chi connectivity index (χ0n) is 10.7. The van der Waals surface area contributed by atoms with Gasteiger partial charge in [0.25, 0.3) is 0 Å². The number of hydrogen-bond donors (Lipinski definition) is 1. The Hall–Kier alpha value is -1.16. The molecule has 2 aromatic heterocycles. The number of nitrogens with zero attached hydrogens (tertiary/aromatic N) is 2. The summed E-state index contributed by atoms with van der Waals surface area (Å²) < 4.78 is 2.91. The van der Waals surface area contributed by atoms with Crippen LogP contribution in [-0.2, 0) is 6.54 Å². The van der Waals surface area contributed by atoms with Gasteiger partial charge in [-0.05, 0) is 36.7 Å². The van der Waals surface area contributed by atoms with E-state index >= 15 is 0 Å². The van der Waals surface area contributed by atoms with E-state index in [1.54, 1.807) is 0 Å². The van der Waals surface area contributed by atoms with Gasteiger partial charge in [0.05, 0.1) is 5.52 Å². The van der Waals surface area contributed by atoms with Crippen LogP contribution in [0.2, 0.25) is 0 Å². The summed E-state index contributed by atoms with van der Waals surface area (Å²) in [5.74, 6) is 0.670. The molecule has 4 heteroatoms. The first-order chi connectivity index (χ1) is 8.15. The molecule has 1 N–H and O–H groups in total. The zero-order valence-corrected chi connectivity index (χ0v) is 11.5. The van der Waals surface area contributed by atoms with Crippen LogP contribution in [0.5, 0.6) is 0 Å². The van der Waals surface area contributed by atoms with Crippen LogP contribution in [0.1, 0.15) is 32.3 Å². The average Bonchev–Trinajstić information content (AvgIpc) is 2.61. The molecule has 2 heterocycles. The fraction of sp³-hybridized carbons (Fsp3) is 0.538. The van der Waals surface area contributed by atoms with Crippen LogP contribution >= 0.6 is 12.2 Å². The molecule has 0 aromatic carbocycles. The Kier molecular flexibility index (Phi) is 3.62. The first-order valence-corrected chi connectivity index (χ1v) is 6.61. The predicted molar refractivity (Wildman–Crippen MR) is 73.7 cm³/mol. The second-order valence-corrected chi connectivity index (χ2v) is 4.99. The molecule has 92 valence electrons. The van der Waals surface area contributed by atoms with E-state index in [1.165, 1.54) is 12.8 Å². The van der Waals surface area contributed by atoms with Gasteiger partial charge in [0.1, 0.15) is 0 Å². The van der Waals surface area contributed by atoms with E-state index in [1.807, 2.05) is 13.1 Å². The van der Waals surface area contributed by atoms with E-state index in [0.29, 0.717) is 5.92 Å². The minimum absolute atomic E-state index is 0.670. The van der Waals surface area contributed by atoms with Crippen LogP contribution < -0.4 is 0 Å². The van der Waals surface area contributed by atoms with Crippen LogP contribution in [-0.4, -0.2) is 14.5 Å². The zero-order chi connectivity index (χ0) is 12.4. The van der Waals surface area contributed by atoms with Gasteiger partial charge in [-0.3, -0.25) is 0 Å². The summed E-state index contributed by atoms with van der Waals surface area (Å²) in [7, 11) is 0. The van der Waals surface area contributed by atoms with Crippen molar-refractivity contribution in [3.05, 3.63) is 22.6 Å². The number of rotatable bonds is 4. The molecule has 2 rings (SSSR count). The smallest absolute Gasteiger partial charge is 0.179 e. The summed E-state index contributed by atoms with van der Waals surface area (Å²) in [4.78, 5) is 7.72. The van der Waals surface area contributed by atoms with Crippen LogP contribution in [0, 0.1) is 17.6 Å². The second-order valence-electron chi connectivity index (χ2n) is 4.61. The quantitative estimate of drug-likeness (QED) is 0.835. The number of pyridine rings is 1. The number of fused-ring (bicyclic) bond motifs is 1. The van der Waals surface area contributed by atoms with Gasteiger partial charge in [-0.1, -0.05) is 26.7 Å². The van der Waals surface area contributed by atoms with Gasteiger partial charge in [-0.25, -0.2) is 4.98 Å². The van der Waals surface area contributed by atoms with Gasteiger partial charge < -0.3 is 9.55 Å². The van der Waals surface area contributed by atoms with Gasteiger partial charge >= 0.3 is 0 Å². The van der Waals surface area contributed by atoms with Gasteiger partial charge in [0.15, 0.2) is 10.4 Å². The SMILES string of the molecule is CCC(CC)Cn1c(=S)[nH]c2cc(C)cnc21. The minimum Gasteiger partial charge on any atom is -0.329 e.